The van der Waals surface area contributed by atoms with Crippen molar-refractivity contribution in [2.75, 3.05) is 30.3 Å². The van der Waals surface area contributed by atoms with Gasteiger partial charge in [-0.1, -0.05) is 6.07 Å². The summed E-state index contributed by atoms with van der Waals surface area (Å²) in [6, 6.07) is 6.02. The van der Waals surface area contributed by atoms with Crippen molar-refractivity contribution in [2.24, 2.45) is 5.41 Å². The number of nitrogens with one attached hydrogen (secondary N) is 3. The van der Waals surface area contributed by atoms with Crippen LogP contribution < -0.4 is 16.0 Å². The van der Waals surface area contributed by atoms with Gasteiger partial charge < -0.3 is 20.7 Å². The monoisotopic (exact) mass is 508 g/mol. The summed E-state index contributed by atoms with van der Waals surface area (Å²) < 4.78 is 5.56. The molecule has 12 heteroatoms. The molecule has 0 aliphatic heterocycles. The van der Waals surface area contributed by atoms with Gasteiger partial charge in [-0.2, -0.15) is 4.98 Å². The van der Waals surface area contributed by atoms with Crippen LogP contribution in [0.3, 0.4) is 0 Å². The molecule has 0 bridgehead atoms. The number of anilines is 3. The number of esters is 1. The third-order valence-corrected chi connectivity index (χ3v) is 4.92. The second-order valence-electron chi connectivity index (χ2n) is 7.20. The lowest BCUT2D eigenvalue weighted by Gasteiger charge is -2.21. The summed E-state index contributed by atoms with van der Waals surface area (Å²) >= 11 is 3.37. The van der Waals surface area contributed by atoms with E-state index in [4.69, 9.17) is 4.74 Å². The third kappa shape index (κ3) is 6.87. The summed E-state index contributed by atoms with van der Waals surface area (Å²) in [5.74, 6) is -0.182. The number of nitrogens with zero attached hydrogens (tertiary/aromatic N) is 3. The number of nitro groups is 1. The number of halogens is 1. The highest BCUT2D eigenvalue weighted by molar-refractivity contribution is 9.10. The number of ether oxygens (including phenoxy) is 1. The molecule has 1 heterocycles. The van der Waals surface area contributed by atoms with Gasteiger partial charge in [0.25, 0.3) is 5.69 Å². The van der Waals surface area contributed by atoms with E-state index >= 15 is 0 Å². The summed E-state index contributed by atoms with van der Waals surface area (Å²) in [6.45, 7) is 5.79. The van der Waals surface area contributed by atoms with Crippen molar-refractivity contribution in [3.63, 3.8) is 0 Å². The first-order chi connectivity index (χ1) is 15.1. The molecule has 1 amide bonds. The highest BCUT2D eigenvalue weighted by atomic mass is 79.9. The smallest absolute Gasteiger partial charge is 0.321 e. The zero-order valence-electron chi connectivity index (χ0n) is 18.0. The fraction of sp³-hybridized carbons (Fsp3) is 0.400. The first-order valence-corrected chi connectivity index (χ1v) is 10.7. The molecule has 0 aliphatic rings. The molecule has 2 aromatic rings. The Labute approximate surface area is 193 Å². The molecule has 0 saturated carbocycles. The normalized spacial score (nSPS) is 10.9. The summed E-state index contributed by atoms with van der Waals surface area (Å²) in [5.41, 5.74) is -0.815. The summed E-state index contributed by atoms with van der Waals surface area (Å²) in [7, 11) is 0. The van der Waals surface area contributed by atoms with E-state index in [1.54, 1.807) is 25.3 Å². The zero-order valence-corrected chi connectivity index (χ0v) is 19.6. The predicted octanol–water partition coefficient (Wildman–Crippen LogP) is 3.40. The topological polar surface area (TPSA) is 148 Å². The Hall–Kier alpha value is -3.28. The number of hydrogen-bond donors (Lipinski definition) is 3. The van der Waals surface area contributed by atoms with Crippen LogP contribution in [0.15, 0.2) is 34.9 Å². The summed E-state index contributed by atoms with van der Waals surface area (Å²) in [6.07, 6.45) is 2.13. The number of carbonyl (C=O) groups excluding carboxylic acids is 2. The van der Waals surface area contributed by atoms with Gasteiger partial charge in [0.15, 0.2) is 0 Å². The van der Waals surface area contributed by atoms with Gasteiger partial charge in [0, 0.05) is 37.1 Å². The number of rotatable bonds is 11. The van der Waals surface area contributed by atoms with Crippen LogP contribution >= 0.6 is 15.9 Å². The molecular formula is C20H25BrN6O5. The highest BCUT2D eigenvalue weighted by Crippen LogP contribution is 2.24. The predicted molar refractivity (Wildman–Crippen MR) is 123 cm³/mol. The van der Waals surface area contributed by atoms with E-state index in [-0.39, 0.29) is 18.2 Å². The SMILES string of the molecule is CCOC(=O)C(C)(C)C(=O)NCCCNc1nc(Nc2cccc([N+](=O)[O-])c2)ncc1Br. The fourth-order valence-corrected chi connectivity index (χ4v) is 2.83. The number of hydrogen-bond acceptors (Lipinski definition) is 9. The van der Waals surface area contributed by atoms with Crippen LogP contribution in [-0.2, 0) is 14.3 Å². The van der Waals surface area contributed by atoms with Gasteiger partial charge in [0.1, 0.15) is 11.2 Å². The van der Waals surface area contributed by atoms with Crippen LogP contribution in [0.2, 0.25) is 0 Å². The lowest BCUT2D eigenvalue weighted by atomic mass is 9.92. The van der Waals surface area contributed by atoms with E-state index < -0.39 is 22.2 Å². The maximum absolute atomic E-state index is 12.2. The minimum Gasteiger partial charge on any atom is -0.465 e. The molecule has 172 valence electrons. The van der Waals surface area contributed by atoms with E-state index in [0.717, 1.165) is 0 Å². The standard InChI is InChI=1S/C20H25BrN6O5/c1-4-32-18(29)20(2,3)17(28)23-10-6-9-22-16-15(21)12-24-19(26-16)25-13-7-5-8-14(11-13)27(30)31/h5,7-8,11-12H,4,6,9-10H2,1-3H3,(H,23,28)(H2,22,24,25,26). The van der Waals surface area contributed by atoms with E-state index in [0.29, 0.717) is 35.5 Å². The third-order valence-electron chi connectivity index (χ3n) is 4.34. The Morgan fingerprint density at radius 1 is 1.28 bits per heavy atom. The Morgan fingerprint density at radius 2 is 2.03 bits per heavy atom. The molecular weight excluding hydrogens is 484 g/mol. The van der Waals surface area contributed by atoms with Crippen LogP contribution in [0.4, 0.5) is 23.1 Å². The number of amides is 1. The number of benzene rings is 1. The average Bonchev–Trinajstić information content (AvgIpc) is 2.75. The largest absolute Gasteiger partial charge is 0.465 e. The van der Waals surface area contributed by atoms with Crippen LogP contribution in [0, 0.1) is 15.5 Å². The first-order valence-electron chi connectivity index (χ1n) is 9.88. The van der Waals surface area contributed by atoms with Crippen molar-refractivity contribution in [3.8, 4) is 0 Å². The van der Waals surface area contributed by atoms with Gasteiger partial charge >= 0.3 is 5.97 Å². The van der Waals surface area contributed by atoms with Crippen molar-refractivity contribution in [1.82, 2.24) is 15.3 Å². The lowest BCUT2D eigenvalue weighted by molar-refractivity contribution is -0.384. The maximum atomic E-state index is 12.2. The Kier molecular flexibility index (Phi) is 8.88. The minimum absolute atomic E-state index is 0.0429. The summed E-state index contributed by atoms with van der Waals surface area (Å²) in [5, 5.41) is 19.7. The molecule has 0 radical (unpaired) electrons. The van der Waals surface area contributed by atoms with Crippen molar-refractivity contribution in [3.05, 3.63) is 45.0 Å². The Balaban J connectivity index is 1.87. The molecule has 0 atom stereocenters. The molecule has 1 aromatic carbocycles. The Bertz CT molecular complexity index is 985. The van der Waals surface area contributed by atoms with Crippen molar-refractivity contribution >= 4 is 50.9 Å². The average molecular weight is 509 g/mol. The summed E-state index contributed by atoms with van der Waals surface area (Å²) in [4.78, 5) is 43.1. The molecule has 0 fully saturated rings. The van der Waals surface area contributed by atoms with Crippen LogP contribution in [-0.4, -0.2) is 46.5 Å². The molecule has 3 N–H and O–H groups in total. The molecule has 11 nitrogen and oxygen atoms in total. The van der Waals surface area contributed by atoms with E-state index in [1.165, 1.54) is 26.0 Å². The van der Waals surface area contributed by atoms with Gasteiger partial charge in [-0.05, 0) is 49.2 Å². The number of carbonyl (C=O) groups is 2. The van der Waals surface area contributed by atoms with Crippen molar-refractivity contribution < 1.29 is 19.2 Å². The zero-order chi connectivity index (χ0) is 23.7. The molecule has 0 saturated heterocycles. The second-order valence-corrected chi connectivity index (χ2v) is 8.06. The van der Waals surface area contributed by atoms with Gasteiger partial charge in [0.2, 0.25) is 11.9 Å². The quantitative estimate of drug-likeness (QED) is 0.136. The fourth-order valence-electron chi connectivity index (χ4n) is 2.50. The van der Waals surface area contributed by atoms with Crippen molar-refractivity contribution in [2.45, 2.75) is 27.2 Å². The minimum atomic E-state index is -1.26. The maximum Gasteiger partial charge on any atom is 0.321 e. The molecule has 0 aliphatic carbocycles. The van der Waals surface area contributed by atoms with Crippen LogP contribution in [0.5, 0.6) is 0 Å². The molecule has 2 rings (SSSR count). The number of non-ortho nitro benzene ring substituents is 1. The van der Waals surface area contributed by atoms with E-state index in [2.05, 4.69) is 41.8 Å². The number of aromatic nitrogens is 2. The molecule has 1 aromatic heterocycles. The lowest BCUT2D eigenvalue weighted by Crippen LogP contribution is -2.43. The second kappa shape index (κ2) is 11.4. The van der Waals surface area contributed by atoms with Gasteiger partial charge in [-0.3, -0.25) is 19.7 Å². The molecule has 32 heavy (non-hydrogen) atoms. The number of nitro benzene ring substituents is 1. The van der Waals surface area contributed by atoms with Gasteiger partial charge in [-0.25, -0.2) is 4.98 Å². The first kappa shape index (κ1) is 25.0. The van der Waals surface area contributed by atoms with Gasteiger partial charge in [0.05, 0.1) is 16.0 Å². The van der Waals surface area contributed by atoms with Crippen molar-refractivity contribution in [1.29, 1.82) is 0 Å². The van der Waals surface area contributed by atoms with E-state index in [9.17, 15) is 19.7 Å². The Morgan fingerprint density at radius 3 is 2.72 bits per heavy atom. The molecule has 0 unspecified atom stereocenters. The van der Waals surface area contributed by atoms with Gasteiger partial charge in [-0.15, -0.1) is 0 Å². The van der Waals surface area contributed by atoms with Crippen LogP contribution in [0.1, 0.15) is 27.2 Å². The van der Waals surface area contributed by atoms with Crippen LogP contribution in [0.25, 0.3) is 0 Å². The molecule has 0 spiro atoms. The van der Waals surface area contributed by atoms with E-state index in [1.807, 2.05) is 0 Å². The highest BCUT2D eigenvalue weighted by Gasteiger charge is 2.37.